The third-order valence-corrected chi connectivity index (χ3v) is 3.15. The molecule has 6 heteroatoms. The highest BCUT2D eigenvalue weighted by Crippen LogP contribution is 2.22. The van der Waals surface area contributed by atoms with E-state index in [1.54, 1.807) is 12.1 Å². The Labute approximate surface area is 120 Å². The Hall–Kier alpha value is -2.63. The fraction of sp³-hybridized carbons (Fsp3) is 0.267. The zero-order valence-corrected chi connectivity index (χ0v) is 11.8. The molecule has 0 spiro atoms. The maximum atomic E-state index is 11.9. The zero-order chi connectivity index (χ0) is 15.0. The average Bonchev–Trinajstić information content (AvgIpc) is 2.82. The second-order valence-electron chi connectivity index (χ2n) is 5.17. The Morgan fingerprint density at radius 2 is 2.10 bits per heavy atom. The van der Waals surface area contributed by atoms with Gasteiger partial charge in [-0.25, -0.2) is 4.79 Å². The minimum atomic E-state index is -0.445. The molecule has 0 saturated carbocycles. The van der Waals surface area contributed by atoms with Crippen molar-refractivity contribution in [3.63, 3.8) is 0 Å². The lowest BCUT2D eigenvalue weighted by molar-refractivity contribution is -0.122. The quantitative estimate of drug-likeness (QED) is 0.743. The number of nitrogens with zero attached hydrogens (tertiary/aromatic N) is 2. The van der Waals surface area contributed by atoms with Gasteiger partial charge in [0.25, 0.3) is 0 Å². The number of benzene rings is 1. The van der Waals surface area contributed by atoms with E-state index in [1.807, 2.05) is 26.0 Å². The van der Waals surface area contributed by atoms with Crippen molar-refractivity contribution in [1.29, 1.82) is 0 Å². The molecule has 108 valence electrons. The fourth-order valence-electron chi connectivity index (χ4n) is 2.35. The number of hydrogen-bond donors (Lipinski definition) is 1. The monoisotopic (exact) mass is 285 g/mol. The van der Waals surface area contributed by atoms with E-state index < -0.39 is 5.63 Å². The summed E-state index contributed by atoms with van der Waals surface area (Å²) in [6.07, 6.45) is 1.44. The summed E-state index contributed by atoms with van der Waals surface area (Å²) in [4.78, 5) is 23.9. The van der Waals surface area contributed by atoms with Gasteiger partial charge in [-0.05, 0) is 26.0 Å². The van der Waals surface area contributed by atoms with Gasteiger partial charge in [-0.1, -0.05) is 12.1 Å². The molecule has 6 nitrogen and oxygen atoms in total. The van der Waals surface area contributed by atoms with Crippen molar-refractivity contribution in [1.82, 2.24) is 15.1 Å². The first-order valence-electron chi connectivity index (χ1n) is 6.73. The van der Waals surface area contributed by atoms with Gasteiger partial charge in [-0.3, -0.25) is 9.48 Å². The van der Waals surface area contributed by atoms with Gasteiger partial charge >= 0.3 is 5.63 Å². The number of carbonyl (C=O) groups is 1. The van der Waals surface area contributed by atoms with Gasteiger partial charge in [0.2, 0.25) is 5.91 Å². The Morgan fingerprint density at radius 3 is 2.86 bits per heavy atom. The van der Waals surface area contributed by atoms with Gasteiger partial charge in [0.05, 0.1) is 11.7 Å². The average molecular weight is 285 g/mol. The molecule has 0 saturated heterocycles. The topological polar surface area (TPSA) is 77.1 Å². The largest absolute Gasteiger partial charge is 0.422 e. The normalized spacial score (nSPS) is 11.4. The summed E-state index contributed by atoms with van der Waals surface area (Å²) in [5.41, 5.74) is 0.668. The molecular weight excluding hydrogens is 270 g/mol. The molecule has 0 aliphatic heterocycles. The molecule has 0 aliphatic rings. The predicted octanol–water partition coefficient (Wildman–Crippen LogP) is 1.67. The molecular formula is C15H15N3O3. The van der Waals surface area contributed by atoms with Crippen LogP contribution in [0, 0.1) is 0 Å². The summed E-state index contributed by atoms with van der Waals surface area (Å²) in [7, 11) is 0. The lowest BCUT2D eigenvalue weighted by Gasteiger charge is -2.09. The van der Waals surface area contributed by atoms with Crippen LogP contribution in [0.3, 0.4) is 0 Å². The second kappa shape index (κ2) is 5.05. The number of hydrogen-bond acceptors (Lipinski definition) is 4. The molecule has 21 heavy (non-hydrogen) atoms. The van der Waals surface area contributed by atoms with E-state index in [0.717, 1.165) is 5.39 Å². The van der Waals surface area contributed by atoms with E-state index >= 15 is 0 Å². The lowest BCUT2D eigenvalue weighted by Crippen LogP contribution is -2.33. The van der Waals surface area contributed by atoms with Crippen molar-refractivity contribution in [3.8, 4) is 0 Å². The summed E-state index contributed by atoms with van der Waals surface area (Å²) in [6.45, 7) is 3.85. The van der Waals surface area contributed by atoms with Crippen molar-refractivity contribution in [2.75, 3.05) is 0 Å². The van der Waals surface area contributed by atoms with Gasteiger partial charge in [0.1, 0.15) is 17.5 Å². The number of carbonyl (C=O) groups excluding carboxylic acids is 1. The van der Waals surface area contributed by atoms with Crippen LogP contribution in [-0.4, -0.2) is 21.7 Å². The number of rotatable bonds is 3. The molecule has 2 aromatic heterocycles. The highest BCUT2D eigenvalue weighted by molar-refractivity contribution is 6.02. The van der Waals surface area contributed by atoms with Crippen molar-refractivity contribution < 1.29 is 9.21 Å². The molecule has 0 bridgehead atoms. The fourth-order valence-corrected chi connectivity index (χ4v) is 2.35. The smallest absolute Gasteiger partial charge is 0.347 e. The molecule has 2 heterocycles. The Balaban J connectivity index is 2.16. The Morgan fingerprint density at radius 1 is 1.33 bits per heavy atom. The van der Waals surface area contributed by atoms with Crippen LogP contribution in [0.4, 0.5) is 0 Å². The van der Waals surface area contributed by atoms with E-state index in [9.17, 15) is 9.59 Å². The maximum absolute atomic E-state index is 11.9. The van der Waals surface area contributed by atoms with E-state index in [0.29, 0.717) is 16.5 Å². The summed E-state index contributed by atoms with van der Waals surface area (Å²) in [5, 5.41) is 8.10. The van der Waals surface area contributed by atoms with E-state index in [2.05, 4.69) is 10.4 Å². The molecule has 1 N–H and O–H groups in total. The van der Waals surface area contributed by atoms with Crippen molar-refractivity contribution in [2.45, 2.75) is 26.4 Å². The SMILES string of the molecule is CC(C)NC(=O)Cn1ncc2c(=O)oc3ccccc3c21. The number of amides is 1. The summed E-state index contributed by atoms with van der Waals surface area (Å²) >= 11 is 0. The highest BCUT2D eigenvalue weighted by Gasteiger charge is 2.14. The number of fused-ring (bicyclic) bond motifs is 3. The number of aromatic nitrogens is 2. The summed E-state index contributed by atoms with van der Waals surface area (Å²) in [5.74, 6) is -0.146. The molecule has 0 atom stereocenters. The minimum absolute atomic E-state index is 0.0566. The van der Waals surface area contributed by atoms with Gasteiger partial charge < -0.3 is 9.73 Å². The molecule has 3 rings (SSSR count). The van der Waals surface area contributed by atoms with Crippen molar-refractivity contribution in [2.24, 2.45) is 0 Å². The third-order valence-electron chi connectivity index (χ3n) is 3.15. The summed E-state index contributed by atoms with van der Waals surface area (Å²) in [6, 6.07) is 7.28. The molecule has 0 aliphatic carbocycles. The van der Waals surface area contributed by atoms with Gasteiger partial charge in [-0.2, -0.15) is 5.10 Å². The predicted molar refractivity (Wildman–Crippen MR) is 79.1 cm³/mol. The Kier molecular flexibility index (Phi) is 3.21. The first kappa shape index (κ1) is 13.4. The molecule has 0 radical (unpaired) electrons. The van der Waals surface area contributed by atoms with Crippen LogP contribution in [0.2, 0.25) is 0 Å². The van der Waals surface area contributed by atoms with E-state index in [1.165, 1.54) is 10.9 Å². The number of nitrogens with one attached hydrogen (secondary N) is 1. The van der Waals surface area contributed by atoms with Crippen molar-refractivity contribution in [3.05, 3.63) is 40.9 Å². The van der Waals surface area contributed by atoms with E-state index in [4.69, 9.17) is 4.42 Å². The van der Waals surface area contributed by atoms with Gasteiger partial charge in [0.15, 0.2) is 0 Å². The summed E-state index contributed by atoms with van der Waals surface area (Å²) < 4.78 is 6.78. The molecule has 3 aromatic rings. The Bertz CT molecular complexity index is 877. The standard InChI is InChI=1S/C15H15N3O3/c1-9(2)17-13(19)8-18-14-10-5-3-4-6-12(10)21-15(20)11(14)7-16-18/h3-7,9H,8H2,1-2H3,(H,17,19). The lowest BCUT2D eigenvalue weighted by atomic mass is 10.2. The molecule has 1 aromatic carbocycles. The van der Waals surface area contributed by atoms with Crippen LogP contribution < -0.4 is 10.9 Å². The van der Waals surface area contributed by atoms with Crippen LogP contribution in [0.15, 0.2) is 39.7 Å². The molecule has 1 amide bonds. The van der Waals surface area contributed by atoms with Gasteiger partial charge in [0, 0.05) is 11.4 Å². The van der Waals surface area contributed by atoms with Crippen LogP contribution in [0.25, 0.3) is 21.9 Å². The number of para-hydroxylation sites is 1. The second-order valence-corrected chi connectivity index (χ2v) is 5.17. The van der Waals surface area contributed by atoms with Crippen LogP contribution in [-0.2, 0) is 11.3 Å². The highest BCUT2D eigenvalue weighted by atomic mass is 16.4. The zero-order valence-electron chi connectivity index (χ0n) is 11.8. The van der Waals surface area contributed by atoms with Crippen molar-refractivity contribution >= 4 is 27.8 Å². The first-order chi connectivity index (χ1) is 10.1. The van der Waals surface area contributed by atoms with Crippen LogP contribution in [0.5, 0.6) is 0 Å². The van der Waals surface area contributed by atoms with Gasteiger partial charge in [-0.15, -0.1) is 0 Å². The molecule has 0 fully saturated rings. The van der Waals surface area contributed by atoms with Crippen LogP contribution in [0.1, 0.15) is 13.8 Å². The van der Waals surface area contributed by atoms with Crippen LogP contribution >= 0.6 is 0 Å². The third kappa shape index (κ3) is 2.40. The van der Waals surface area contributed by atoms with E-state index in [-0.39, 0.29) is 18.5 Å². The maximum Gasteiger partial charge on any atom is 0.347 e. The molecule has 0 unspecified atom stereocenters. The minimum Gasteiger partial charge on any atom is -0.422 e. The first-order valence-corrected chi connectivity index (χ1v) is 6.73.